The van der Waals surface area contributed by atoms with E-state index in [-0.39, 0.29) is 36.6 Å². The molecular formula is C41H60FN6O9P. The van der Waals surface area contributed by atoms with E-state index in [0.717, 1.165) is 38.5 Å². The van der Waals surface area contributed by atoms with Crippen molar-refractivity contribution in [3.05, 3.63) is 48.3 Å². The number of anilines is 1. The minimum absolute atomic E-state index is 0.00619. The smallest absolute Gasteiger partial charge is 0.332 e. The number of benzene rings is 1. The molecule has 0 aliphatic carbocycles. The maximum Gasteiger partial charge on any atom is 0.332 e. The van der Waals surface area contributed by atoms with Gasteiger partial charge in [0.2, 0.25) is 0 Å². The molecule has 3 heterocycles. The van der Waals surface area contributed by atoms with E-state index in [1.807, 2.05) is 0 Å². The fourth-order valence-electron chi connectivity index (χ4n) is 6.64. The van der Waals surface area contributed by atoms with Crippen LogP contribution < -0.4 is 11.5 Å². The van der Waals surface area contributed by atoms with Crippen LogP contribution in [0.15, 0.2) is 36.7 Å². The molecule has 2 aromatic heterocycles. The largest absolute Gasteiger partial charge is 0.464 e. The molecule has 1 aliphatic rings. The van der Waals surface area contributed by atoms with Gasteiger partial charge in [-0.2, -0.15) is 14.4 Å². The lowest BCUT2D eigenvalue weighted by Crippen LogP contribution is -2.43. The lowest BCUT2D eigenvalue weighted by Gasteiger charge is -2.27. The van der Waals surface area contributed by atoms with E-state index in [0.29, 0.717) is 18.4 Å². The number of esters is 2. The van der Waals surface area contributed by atoms with Gasteiger partial charge in [0.1, 0.15) is 18.4 Å². The number of aliphatic hydroxyl groups excluding tert-OH is 1. The molecule has 1 aliphatic heterocycles. The van der Waals surface area contributed by atoms with Gasteiger partial charge in [-0.05, 0) is 18.4 Å². The average Bonchev–Trinajstić information content (AvgIpc) is 3.79. The molecule has 0 amide bonds. The number of halogens is 1. The van der Waals surface area contributed by atoms with Gasteiger partial charge in [-0.25, -0.2) is 9.78 Å². The first kappa shape index (κ1) is 46.7. The van der Waals surface area contributed by atoms with Crippen molar-refractivity contribution in [2.24, 2.45) is 5.73 Å². The number of rotatable bonds is 26. The maximum absolute atomic E-state index is 14.2. The van der Waals surface area contributed by atoms with Gasteiger partial charge in [0.25, 0.3) is 0 Å². The summed E-state index contributed by atoms with van der Waals surface area (Å²) in [6, 6.07) is 7.65. The van der Waals surface area contributed by atoms with Crippen LogP contribution in [0.4, 0.5) is 10.2 Å². The quantitative estimate of drug-likeness (QED) is 0.0253. The SMILES string of the molecule is CCCCCCCCCOC(=O)CO[PH](=O)OC[C@@]1(C#CC(c2ccccc2)[C@H](N)C(=O)OCCCCCCCCC)O[C@@H](n2cnc3c(N)nc(F)nc32)C[C@@H]1O. The first-order valence-electron chi connectivity index (χ1n) is 20.5. The molecule has 1 fully saturated rings. The van der Waals surface area contributed by atoms with Gasteiger partial charge >= 0.3 is 26.3 Å². The van der Waals surface area contributed by atoms with Crippen molar-refractivity contribution in [3.8, 4) is 11.8 Å². The normalized spacial score (nSPS) is 19.3. The van der Waals surface area contributed by atoms with Crippen molar-refractivity contribution >= 4 is 37.2 Å². The standard InChI is InChI=1S/C41H60FN6O9P/c1-3-5-7-9-11-13-18-24-53-34(50)27-55-58(52)56-28-41(32(49)26-33(57-41)48-29-45-36-37(44)46-40(42)47-38(36)48)23-22-31(30-20-16-15-17-21-30)35(43)39(51)54-25-19-14-12-10-8-6-4-2/h15-17,20-21,29,31-33,35,49,58H,3-14,18-19,24-28,43H2,1-2H3,(H2,44,46,47)/t31?,32-,33+,35-,41+/m0/s1. The molecular weight excluding hydrogens is 770 g/mol. The van der Waals surface area contributed by atoms with Gasteiger partial charge in [0.15, 0.2) is 29.2 Å². The Bertz CT molecular complexity index is 1810. The number of carbonyl (C=O) groups excluding carboxylic acids is 2. The second-order valence-corrected chi connectivity index (χ2v) is 15.6. The number of nitrogen functional groups attached to an aromatic ring is 1. The van der Waals surface area contributed by atoms with E-state index >= 15 is 0 Å². The third-order valence-electron chi connectivity index (χ3n) is 9.99. The molecule has 15 nitrogen and oxygen atoms in total. The number of ether oxygens (including phenoxy) is 3. The monoisotopic (exact) mass is 830 g/mol. The van der Waals surface area contributed by atoms with Crippen molar-refractivity contribution < 1.29 is 46.9 Å². The number of aromatic nitrogens is 4. The molecule has 4 rings (SSSR count). The van der Waals surface area contributed by atoms with Crippen LogP contribution in [0.5, 0.6) is 0 Å². The molecule has 0 spiro atoms. The van der Waals surface area contributed by atoms with Gasteiger partial charge in [-0.3, -0.25) is 18.5 Å². The summed E-state index contributed by atoms with van der Waals surface area (Å²) in [5.74, 6) is 3.52. The van der Waals surface area contributed by atoms with Crippen molar-refractivity contribution in [2.75, 3.05) is 32.2 Å². The summed E-state index contributed by atoms with van der Waals surface area (Å²) in [5, 5.41) is 11.6. The molecule has 320 valence electrons. The summed E-state index contributed by atoms with van der Waals surface area (Å²) in [6.07, 6.45) is 12.5. The number of hydrogen-bond donors (Lipinski definition) is 3. The van der Waals surface area contributed by atoms with Crippen LogP contribution in [0.2, 0.25) is 0 Å². The Kier molecular flexibility index (Phi) is 20.0. The van der Waals surface area contributed by atoms with Crippen LogP contribution in [0.25, 0.3) is 11.2 Å². The summed E-state index contributed by atoms with van der Waals surface area (Å²) in [7, 11) is -3.35. The molecule has 3 aromatic rings. The number of imidazole rings is 1. The summed E-state index contributed by atoms with van der Waals surface area (Å²) in [5.41, 5.74) is 11.2. The number of nitrogens with two attached hydrogens (primary N) is 2. The molecule has 17 heteroatoms. The van der Waals surface area contributed by atoms with Crippen LogP contribution >= 0.6 is 8.25 Å². The highest BCUT2D eigenvalue weighted by molar-refractivity contribution is 7.33. The highest BCUT2D eigenvalue weighted by atomic mass is 31.1. The Morgan fingerprint density at radius 3 is 2.24 bits per heavy atom. The number of fused-ring (bicyclic) bond motifs is 1. The third kappa shape index (κ3) is 14.4. The lowest BCUT2D eigenvalue weighted by atomic mass is 9.90. The van der Waals surface area contributed by atoms with Crippen molar-refractivity contribution in [3.63, 3.8) is 0 Å². The van der Waals surface area contributed by atoms with Gasteiger partial charge < -0.3 is 35.3 Å². The van der Waals surface area contributed by atoms with Gasteiger partial charge in [0.05, 0.1) is 32.1 Å². The fourth-order valence-corrected chi connectivity index (χ4v) is 7.29. The first-order valence-corrected chi connectivity index (χ1v) is 21.8. The summed E-state index contributed by atoms with van der Waals surface area (Å²) < 4.78 is 56.5. The predicted molar refractivity (Wildman–Crippen MR) is 217 cm³/mol. The van der Waals surface area contributed by atoms with Gasteiger partial charge in [-0.15, -0.1) is 0 Å². The zero-order valence-corrected chi connectivity index (χ0v) is 34.7. The second kappa shape index (κ2) is 24.8. The minimum atomic E-state index is -3.35. The Labute approximate surface area is 341 Å². The van der Waals surface area contributed by atoms with E-state index in [1.165, 1.54) is 49.4 Å². The zero-order chi connectivity index (χ0) is 41.8. The molecule has 0 bridgehead atoms. The summed E-state index contributed by atoms with van der Waals surface area (Å²) in [6.45, 7) is 3.55. The van der Waals surface area contributed by atoms with Crippen molar-refractivity contribution in [1.82, 2.24) is 19.5 Å². The van der Waals surface area contributed by atoms with E-state index in [2.05, 4.69) is 40.6 Å². The maximum atomic E-state index is 14.2. The summed E-state index contributed by atoms with van der Waals surface area (Å²) in [4.78, 5) is 37.1. The number of nitrogens with zero attached hydrogens (tertiary/aromatic N) is 4. The molecule has 58 heavy (non-hydrogen) atoms. The van der Waals surface area contributed by atoms with Crippen LogP contribution in [0, 0.1) is 17.9 Å². The molecule has 1 aromatic carbocycles. The van der Waals surface area contributed by atoms with Crippen LogP contribution in [0.1, 0.15) is 128 Å². The molecule has 5 N–H and O–H groups in total. The van der Waals surface area contributed by atoms with Crippen molar-refractivity contribution in [1.29, 1.82) is 0 Å². The van der Waals surface area contributed by atoms with E-state index in [1.54, 1.807) is 30.3 Å². The topological polar surface area (TPSA) is 213 Å². The molecule has 0 radical (unpaired) electrons. The highest BCUT2D eigenvalue weighted by Gasteiger charge is 2.49. The first-order chi connectivity index (χ1) is 28.1. The Morgan fingerprint density at radius 1 is 0.966 bits per heavy atom. The Hall–Kier alpha value is -3.97. The Morgan fingerprint density at radius 2 is 1.59 bits per heavy atom. The van der Waals surface area contributed by atoms with Gasteiger partial charge in [-0.1, -0.05) is 133 Å². The number of hydrogen-bond acceptors (Lipinski definition) is 14. The predicted octanol–water partition coefficient (Wildman–Crippen LogP) is 6.69. The lowest BCUT2D eigenvalue weighted by molar-refractivity contribution is -0.147. The van der Waals surface area contributed by atoms with E-state index in [9.17, 15) is 23.7 Å². The zero-order valence-electron chi connectivity index (χ0n) is 33.7. The van der Waals surface area contributed by atoms with Crippen molar-refractivity contribution in [2.45, 2.75) is 140 Å². The third-order valence-corrected chi connectivity index (χ3v) is 10.7. The second-order valence-electron chi connectivity index (χ2n) is 14.6. The molecule has 2 unspecified atom stereocenters. The number of aliphatic hydroxyl groups is 1. The fraction of sp³-hybridized carbons (Fsp3) is 0.634. The summed E-state index contributed by atoms with van der Waals surface area (Å²) >= 11 is 0. The van der Waals surface area contributed by atoms with Crippen LogP contribution in [0.3, 0.4) is 0 Å². The highest BCUT2D eigenvalue weighted by Crippen LogP contribution is 2.40. The van der Waals surface area contributed by atoms with E-state index < -0.39 is 69.4 Å². The minimum Gasteiger partial charge on any atom is -0.464 e. The Balaban J connectivity index is 1.48. The van der Waals surface area contributed by atoms with Crippen LogP contribution in [-0.2, 0) is 37.4 Å². The van der Waals surface area contributed by atoms with Crippen LogP contribution in [-0.4, -0.2) is 80.7 Å². The van der Waals surface area contributed by atoms with E-state index in [4.69, 9.17) is 34.7 Å². The number of carbonyl (C=O) groups is 2. The molecule has 6 atom stereocenters. The van der Waals surface area contributed by atoms with Gasteiger partial charge in [0, 0.05) is 6.42 Å². The number of unbranched alkanes of at least 4 members (excludes halogenated alkanes) is 12. The average molecular weight is 831 g/mol. The molecule has 1 saturated heterocycles. The molecule has 0 saturated carbocycles.